The first-order chi connectivity index (χ1) is 15.3. The molecule has 0 spiro atoms. The van der Waals surface area contributed by atoms with E-state index in [0.717, 1.165) is 11.1 Å². The molecule has 9 nitrogen and oxygen atoms in total. The zero-order chi connectivity index (χ0) is 22.8. The number of nitrogen functional groups attached to an aromatic ring is 1. The van der Waals surface area contributed by atoms with Crippen LogP contribution < -0.4 is 11.3 Å². The average molecular weight is 431 g/mol. The van der Waals surface area contributed by atoms with Crippen LogP contribution in [0.3, 0.4) is 0 Å². The van der Waals surface area contributed by atoms with Gasteiger partial charge in [-0.15, -0.1) is 10.2 Å². The zero-order valence-corrected chi connectivity index (χ0v) is 17.4. The summed E-state index contributed by atoms with van der Waals surface area (Å²) in [6.45, 7) is 3.64. The van der Waals surface area contributed by atoms with Crippen molar-refractivity contribution in [2.24, 2.45) is 5.92 Å². The quantitative estimate of drug-likeness (QED) is 0.420. The molecule has 0 aliphatic heterocycles. The van der Waals surface area contributed by atoms with E-state index in [2.05, 4.69) is 20.3 Å². The monoisotopic (exact) mass is 431 g/mol. The molecule has 1 aromatic carbocycles. The van der Waals surface area contributed by atoms with E-state index in [1.54, 1.807) is 30.5 Å². The van der Waals surface area contributed by atoms with Gasteiger partial charge in [0.05, 0.1) is 11.3 Å². The Balaban J connectivity index is 1.65. The maximum Gasteiger partial charge on any atom is 0.314 e. The molecule has 0 amide bonds. The SMILES string of the molecule is CC(C)C(C(=O)O)c1cc(-c2ccc(-c3cc(-c4ccc[nH]c4=O)nnc3N)cc2)no1. The smallest absolute Gasteiger partial charge is 0.314 e. The molecule has 3 aromatic heterocycles. The summed E-state index contributed by atoms with van der Waals surface area (Å²) >= 11 is 0. The van der Waals surface area contributed by atoms with Crippen LogP contribution in [0, 0.1) is 5.92 Å². The number of nitrogens with two attached hydrogens (primary N) is 1. The molecule has 32 heavy (non-hydrogen) atoms. The third kappa shape index (κ3) is 4.00. The predicted octanol–water partition coefficient (Wildman–Crippen LogP) is 3.56. The summed E-state index contributed by atoms with van der Waals surface area (Å²) in [5.74, 6) is -1.31. The number of aromatic nitrogens is 4. The first-order valence-corrected chi connectivity index (χ1v) is 9.96. The molecule has 0 saturated carbocycles. The van der Waals surface area contributed by atoms with Crippen LogP contribution in [0.2, 0.25) is 0 Å². The Labute approximate surface area is 182 Å². The fraction of sp³-hybridized carbons (Fsp3) is 0.174. The third-order valence-corrected chi connectivity index (χ3v) is 5.18. The summed E-state index contributed by atoms with van der Waals surface area (Å²) in [6, 6.07) is 14.1. The number of hydrogen-bond acceptors (Lipinski definition) is 7. The molecule has 1 unspecified atom stereocenters. The lowest BCUT2D eigenvalue weighted by molar-refractivity contribution is -0.140. The van der Waals surface area contributed by atoms with E-state index in [9.17, 15) is 14.7 Å². The van der Waals surface area contributed by atoms with Gasteiger partial charge in [-0.25, -0.2) is 0 Å². The van der Waals surface area contributed by atoms with Crippen LogP contribution in [0.5, 0.6) is 0 Å². The van der Waals surface area contributed by atoms with Crippen LogP contribution in [0.4, 0.5) is 5.82 Å². The van der Waals surface area contributed by atoms with Gasteiger partial charge in [0, 0.05) is 23.4 Å². The second kappa shape index (κ2) is 8.46. The van der Waals surface area contributed by atoms with Crippen LogP contribution in [-0.4, -0.2) is 31.4 Å². The van der Waals surface area contributed by atoms with Gasteiger partial charge in [-0.1, -0.05) is 43.3 Å². The van der Waals surface area contributed by atoms with Gasteiger partial charge in [0.15, 0.2) is 11.6 Å². The van der Waals surface area contributed by atoms with Crippen molar-refractivity contribution in [3.05, 3.63) is 70.8 Å². The van der Waals surface area contributed by atoms with Crippen LogP contribution in [0.25, 0.3) is 33.6 Å². The van der Waals surface area contributed by atoms with Crippen molar-refractivity contribution in [2.45, 2.75) is 19.8 Å². The number of carboxylic acids is 1. The van der Waals surface area contributed by atoms with Crippen molar-refractivity contribution in [1.82, 2.24) is 20.3 Å². The molecule has 162 valence electrons. The van der Waals surface area contributed by atoms with Crippen molar-refractivity contribution in [3.8, 4) is 33.6 Å². The number of carboxylic acid groups (broad SMARTS) is 1. The Morgan fingerprint density at radius 3 is 2.41 bits per heavy atom. The molecule has 0 aliphatic rings. The second-order valence-electron chi connectivity index (χ2n) is 7.69. The highest BCUT2D eigenvalue weighted by atomic mass is 16.5. The summed E-state index contributed by atoms with van der Waals surface area (Å²) in [6.07, 6.45) is 1.55. The van der Waals surface area contributed by atoms with E-state index < -0.39 is 11.9 Å². The third-order valence-electron chi connectivity index (χ3n) is 5.18. The zero-order valence-electron chi connectivity index (χ0n) is 17.4. The van der Waals surface area contributed by atoms with Gasteiger partial charge in [-0.05, 0) is 29.7 Å². The Hall–Kier alpha value is -4.27. The minimum absolute atomic E-state index is 0.135. The molecule has 0 radical (unpaired) electrons. The van der Waals surface area contributed by atoms with E-state index in [1.165, 1.54) is 0 Å². The van der Waals surface area contributed by atoms with Gasteiger partial charge < -0.3 is 20.3 Å². The molecule has 9 heteroatoms. The van der Waals surface area contributed by atoms with E-state index in [4.69, 9.17) is 10.3 Å². The normalized spacial score (nSPS) is 12.1. The van der Waals surface area contributed by atoms with Crippen LogP contribution >= 0.6 is 0 Å². The first kappa shape index (κ1) is 21.0. The Bertz CT molecular complexity index is 1320. The summed E-state index contributed by atoms with van der Waals surface area (Å²) in [5, 5.41) is 21.5. The molecule has 4 rings (SSSR count). The molecule has 0 fully saturated rings. The molecule has 0 aliphatic carbocycles. The Morgan fingerprint density at radius 1 is 1.03 bits per heavy atom. The Kier molecular flexibility index (Phi) is 5.55. The Morgan fingerprint density at radius 2 is 1.75 bits per heavy atom. The van der Waals surface area contributed by atoms with Crippen molar-refractivity contribution in [1.29, 1.82) is 0 Å². The minimum atomic E-state index is -0.952. The maximum absolute atomic E-state index is 12.1. The second-order valence-corrected chi connectivity index (χ2v) is 7.69. The number of pyridine rings is 1. The van der Waals surface area contributed by atoms with E-state index >= 15 is 0 Å². The molecule has 4 aromatic rings. The lowest BCUT2D eigenvalue weighted by Crippen LogP contribution is -2.16. The maximum atomic E-state index is 12.1. The number of benzene rings is 1. The molecular formula is C23H21N5O4. The van der Waals surface area contributed by atoms with Crippen LogP contribution in [0.15, 0.2) is 64.0 Å². The number of anilines is 1. The van der Waals surface area contributed by atoms with E-state index in [-0.39, 0.29) is 17.3 Å². The minimum Gasteiger partial charge on any atom is -0.481 e. The van der Waals surface area contributed by atoms with E-state index in [1.807, 2.05) is 38.1 Å². The summed E-state index contributed by atoms with van der Waals surface area (Å²) in [7, 11) is 0. The molecule has 4 N–H and O–H groups in total. The molecule has 1 atom stereocenters. The molecule has 3 heterocycles. The standard InChI is InChI=1S/C23H21N5O4/c1-12(2)20(23(30)31)19-11-17(28-32-19)14-7-5-13(6-8-14)16-10-18(26-27-21(16)24)15-4-3-9-25-22(15)29/h3-12,20H,1-2H3,(H2,24,27)(H,25,29)(H,30,31). The fourth-order valence-electron chi connectivity index (χ4n) is 3.52. The van der Waals surface area contributed by atoms with Gasteiger partial charge in [-0.3, -0.25) is 9.59 Å². The molecule has 0 bridgehead atoms. The van der Waals surface area contributed by atoms with Crippen LogP contribution in [0.1, 0.15) is 25.5 Å². The summed E-state index contributed by atoms with van der Waals surface area (Å²) in [4.78, 5) is 26.2. The van der Waals surface area contributed by atoms with Gasteiger partial charge in [0.2, 0.25) is 0 Å². The number of nitrogens with zero attached hydrogens (tertiary/aromatic N) is 3. The number of hydrogen-bond donors (Lipinski definition) is 3. The van der Waals surface area contributed by atoms with Crippen molar-refractivity contribution >= 4 is 11.8 Å². The highest BCUT2D eigenvalue weighted by Gasteiger charge is 2.28. The van der Waals surface area contributed by atoms with Crippen LogP contribution in [-0.2, 0) is 4.79 Å². The number of H-pyrrole nitrogens is 1. The van der Waals surface area contributed by atoms with Gasteiger partial charge in [-0.2, -0.15) is 0 Å². The van der Waals surface area contributed by atoms with Gasteiger partial charge in [0.25, 0.3) is 5.56 Å². The van der Waals surface area contributed by atoms with E-state index in [0.29, 0.717) is 28.3 Å². The summed E-state index contributed by atoms with van der Waals surface area (Å²) < 4.78 is 5.31. The lowest BCUT2D eigenvalue weighted by atomic mass is 9.93. The van der Waals surface area contributed by atoms with Crippen molar-refractivity contribution in [3.63, 3.8) is 0 Å². The van der Waals surface area contributed by atoms with Crippen molar-refractivity contribution < 1.29 is 14.4 Å². The highest BCUT2D eigenvalue weighted by molar-refractivity contribution is 5.79. The predicted molar refractivity (Wildman–Crippen MR) is 119 cm³/mol. The fourth-order valence-corrected chi connectivity index (χ4v) is 3.52. The molecular weight excluding hydrogens is 410 g/mol. The van der Waals surface area contributed by atoms with Gasteiger partial charge in [0.1, 0.15) is 11.6 Å². The number of carbonyl (C=O) groups is 1. The first-order valence-electron chi connectivity index (χ1n) is 9.96. The number of rotatable bonds is 6. The highest BCUT2D eigenvalue weighted by Crippen LogP contribution is 2.31. The topological polar surface area (TPSA) is 148 Å². The van der Waals surface area contributed by atoms with Crippen molar-refractivity contribution in [2.75, 3.05) is 5.73 Å². The number of aromatic amines is 1. The van der Waals surface area contributed by atoms with Gasteiger partial charge >= 0.3 is 5.97 Å². The summed E-state index contributed by atoms with van der Waals surface area (Å²) in [5.41, 5.74) is 9.29. The largest absolute Gasteiger partial charge is 0.481 e. The average Bonchev–Trinajstić information content (AvgIpc) is 3.24. The number of nitrogens with one attached hydrogen (secondary N) is 1. The lowest BCUT2D eigenvalue weighted by Gasteiger charge is -2.11. The molecule has 0 saturated heterocycles. The number of aliphatic carboxylic acids is 1.